The van der Waals surface area contributed by atoms with Crippen molar-refractivity contribution < 1.29 is 14.3 Å². The number of carbonyl (C=O) groups excluding carboxylic acids is 1. The predicted molar refractivity (Wildman–Crippen MR) is 82.8 cm³/mol. The molecule has 1 aromatic heterocycles. The van der Waals surface area contributed by atoms with Crippen LogP contribution in [-0.2, 0) is 4.79 Å². The number of benzene rings is 1. The lowest BCUT2D eigenvalue weighted by Crippen LogP contribution is -2.41. The van der Waals surface area contributed by atoms with E-state index in [4.69, 9.17) is 20.9 Å². The van der Waals surface area contributed by atoms with Gasteiger partial charge in [-0.1, -0.05) is 0 Å². The largest absolute Gasteiger partial charge is 0.492 e. The molecule has 0 radical (unpaired) electrons. The molecule has 0 bridgehead atoms. The van der Waals surface area contributed by atoms with Gasteiger partial charge in [-0.25, -0.2) is 4.98 Å². The van der Waals surface area contributed by atoms with Crippen LogP contribution < -0.4 is 25.8 Å². The van der Waals surface area contributed by atoms with Gasteiger partial charge in [0.25, 0.3) is 5.91 Å². The lowest BCUT2D eigenvalue weighted by atomic mass is 10.3. The van der Waals surface area contributed by atoms with Crippen molar-refractivity contribution in [3.05, 3.63) is 36.4 Å². The zero-order chi connectivity index (χ0) is 15.5. The van der Waals surface area contributed by atoms with Crippen molar-refractivity contribution in [2.24, 2.45) is 0 Å². The summed E-state index contributed by atoms with van der Waals surface area (Å²) in [7, 11) is 0. The molecule has 1 aliphatic rings. The van der Waals surface area contributed by atoms with Crippen LogP contribution in [0.15, 0.2) is 36.4 Å². The molecular formula is C15H16N4O3. The average Bonchev–Trinajstić information content (AvgIpc) is 2.51. The molecule has 1 amide bonds. The highest BCUT2D eigenvalue weighted by atomic mass is 16.5. The van der Waals surface area contributed by atoms with E-state index < -0.39 is 0 Å². The smallest absolute Gasteiger partial charge is 0.266 e. The molecule has 7 nitrogen and oxygen atoms in total. The van der Waals surface area contributed by atoms with Gasteiger partial charge < -0.3 is 20.9 Å². The SMILES string of the molecule is Nc1ccc(OCCN2C(=O)COc3ccc(N)nc32)cc1. The molecule has 3 rings (SSSR count). The van der Waals surface area contributed by atoms with E-state index in [-0.39, 0.29) is 12.5 Å². The lowest BCUT2D eigenvalue weighted by Gasteiger charge is -2.28. The highest BCUT2D eigenvalue weighted by molar-refractivity contribution is 5.96. The van der Waals surface area contributed by atoms with Crippen LogP contribution in [0.1, 0.15) is 0 Å². The molecule has 0 unspecified atom stereocenters. The molecule has 1 aliphatic heterocycles. The zero-order valence-corrected chi connectivity index (χ0v) is 11.9. The van der Waals surface area contributed by atoms with E-state index in [1.54, 1.807) is 36.4 Å². The van der Waals surface area contributed by atoms with Crippen molar-refractivity contribution in [1.82, 2.24) is 4.98 Å². The highest BCUT2D eigenvalue weighted by Gasteiger charge is 2.26. The van der Waals surface area contributed by atoms with Crippen molar-refractivity contribution in [3.8, 4) is 11.5 Å². The van der Waals surface area contributed by atoms with Crippen molar-refractivity contribution in [1.29, 1.82) is 0 Å². The fraction of sp³-hybridized carbons (Fsp3) is 0.200. The molecule has 114 valence electrons. The van der Waals surface area contributed by atoms with Crippen LogP contribution in [0.2, 0.25) is 0 Å². The first-order chi connectivity index (χ1) is 10.6. The first kappa shape index (κ1) is 14.0. The summed E-state index contributed by atoms with van der Waals surface area (Å²) in [6.45, 7) is 0.669. The first-order valence-corrected chi connectivity index (χ1v) is 6.81. The van der Waals surface area contributed by atoms with Crippen LogP contribution in [0.4, 0.5) is 17.3 Å². The van der Waals surface area contributed by atoms with Gasteiger partial charge in [0.1, 0.15) is 18.2 Å². The summed E-state index contributed by atoms with van der Waals surface area (Å²) >= 11 is 0. The van der Waals surface area contributed by atoms with Crippen LogP contribution in [0.25, 0.3) is 0 Å². The molecule has 2 aromatic rings. The Morgan fingerprint density at radius 3 is 2.73 bits per heavy atom. The van der Waals surface area contributed by atoms with Crippen LogP contribution in [0.3, 0.4) is 0 Å². The number of fused-ring (bicyclic) bond motifs is 1. The van der Waals surface area contributed by atoms with E-state index in [0.29, 0.717) is 42.0 Å². The number of anilines is 3. The predicted octanol–water partition coefficient (Wildman–Crippen LogP) is 1.05. The monoisotopic (exact) mass is 300 g/mol. The normalized spacial score (nSPS) is 13.5. The van der Waals surface area contributed by atoms with E-state index in [1.807, 2.05) is 0 Å². The second-order valence-corrected chi connectivity index (χ2v) is 4.81. The number of carbonyl (C=O) groups is 1. The average molecular weight is 300 g/mol. The summed E-state index contributed by atoms with van der Waals surface area (Å²) in [4.78, 5) is 17.7. The van der Waals surface area contributed by atoms with Crippen molar-refractivity contribution in [3.63, 3.8) is 0 Å². The third-order valence-corrected chi connectivity index (χ3v) is 3.23. The molecule has 2 heterocycles. The Hall–Kier alpha value is -2.96. The van der Waals surface area contributed by atoms with Gasteiger partial charge in [-0.15, -0.1) is 0 Å². The fourth-order valence-corrected chi connectivity index (χ4v) is 2.14. The summed E-state index contributed by atoms with van der Waals surface area (Å²) < 4.78 is 10.9. The van der Waals surface area contributed by atoms with Crippen LogP contribution in [-0.4, -0.2) is 30.6 Å². The van der Waals surface area contributed by atoms with Gasteiger partial charge in [0.2, 0.25) is 0 Å². The minimum Gasteiger partial charge on any atom is -0.492 e. The molecule has 0 saturated heterocycles. The van der Waals surface area contributed by atoms with Crippen LogP contribution >= 0.6 is 0 Å². The second kappa shape index (κ2) is 5.80. The van der Waals surface area contributed by atoms with Gasteiger partial charge in [0.15, 0.2) is 18.2 Å². The van der Waals surface area contributed by atoms with Gasteiger partial charge in [0.05, 0.1) is 6.54 Å². The summed E-state index contributed by atoms with van der Waals surface area (Å²) in [6.07, 6.45) is 0. The van der Waals surface area contributed by atoms with Crippen LogP contribution in [0.5, 0.6) is 11.5 Å². The number of hydrogen-bond acceptors (Lipinski definition) is 6. The first-order valence-electron chi connectivity index (χ1n) is 6.81. The number of hydrogen-bond donors (Lipinski definition) is 2. The molecule has 0 atom stereocenters. The Kier molecular flexibility index (Phi) is 3.69. The van der Waals surface area contributed by atoms with Gasteiger partial charge in [0, 0.05) is 5.69 Å². The Morgan fingerprint density at radius 1 is 1.18 bits per heavy atom. The molecule has 0 spiro atoms. The molecule has 22 heavy (non-hydrogen) atoms. The third kappa shape index (κ3) is 2.88. The molecule has 0 saturated carbocycles. The maximum atomic E-state index is 12.0. The number of rotatable bonds is 4. The summed E-state index contributed by atoms with van der Waals surface area (Å²) in [5.74, 6) is 1.82. The maximum absolute atomic E-state index is 12.0. The topological polar surface area (TPSA) is 104 Å². The molecule has 0 aliphatic carbocycles. The zero-order valence-electron chi connectivity index (χ0n) is 11.9. The Balaban J connectivity index is 1.68. The number of pyridine rings is 1. The molecule has 0 fully saturated rings. The second-order valence-electron chi connectivity index (χ2n) is 4.81. The standard InChI is InChI=1S/C15H16N4O3/c16-10-1-3-11(4-2-10)21-8-7-19-14(20)9-22-12-5-6-13(17)18-15(12)19/h1-6H,7-9,16H2,(H2,17,18). The Bertz CT molecular complexity index is 688. The van der Waals surface area contributed by atoms with Crippen molar-refractivity contribution in [2.45, 2.75) is 0 Å². The van der Waals surface area contributed by atoms with Crippen molar-refractivity contribution >= 4 is 23.2 Å². The summed E-state index contributed by atoms with van der Waals surface area (Å²) in [5, 5.41) is 0. The number of nitrogen functional groups attached to an aromatic ring is 2. The summed E-state index contributed by atoms with van der Waals surface area (Å²) in [5.41, 5.74) is 12.0. The van der Waals surface area contributed by atoms with Crippen LogP contribution in [0, 0.1) is 0 Å². The molecular weight excluding hydrogens is 284 g/mol. The number of amides is 1. The Morgan fingerprint density at radius 2 is 1.95 bits per heavy atom. The minimum absolute atomic E-state index is 0.0134. The van der Waals surface area contributed by atoms with E-state index in [2.05, 4.69) is 4.98 Å². The van der Waals surface area contributed by atoms with Gasteiger partial charge >= 0.3 is 0 Å². The Labute approximate surface area is 127 Å². The molecule has 4 N–H and O–H groups in total. The summed E-state index contributed by atoms with van der Waals surface area (Å²) in [6, 6.07) is 10.4. The highest BCUT2D eigenvalue weighted by Crippen LogP contribution is 2.30. The lowest BCUT2D eigenvalue weighted by molar-refractivity contribution is -0.121. The van der Waals surface area contributed by atoms with E-state index in [1.165, 1.54) is 4.90 Å². The minimum atomic E-state index is -0.175. The number of aromatic nitrogens is 1. The molecule has 7 heteroatoms. The third-order valence-electron chi connectivity index (χ3n) is 3.23. The molecule has 1 aromatic carbocycles. The van der Waals surface area contributed by atoms with Gasteiger partial charge in [-0.2, -0.15) is 0 Å². The number of nitrogens with zero attached hydrogens (tertiary/aromatic N) is 2. The number of ether oxygens (including phenoxy) is 2. The van der Waals surface area contributed by atoms with Gasteiger partial charge in [-0.05, 0) is 36.4 Å². The van der Waals surface area contributed by atoms with E-state index in [0.717, 1.165) is 0 Å². The van der Waals surface area contributed by atoms with Gasteiger partial charge in [-0.3, -0.25) is 9.69 Å². The number of nitrogens with two attached hydrogens (primary N) is 2. The van der Waals surface area contributed by atoms with Crippen molar-refractivity contribution in [2.75, 3.05) is 36.1 Å². The van der Waals surface area contributed by atoms with E-state index >= 15 is 0 Å². The fourth-order valence-electron chi connectivity index (χ4n) is 2.14. The van der Waals surface area contributed by atoms with E-state index in [9.17, 15) is 4.79 Å². The quantitative estimate of drug-likeness (QED) is 0.818. The maximum Gasteiger partial charge on any atom is 0.266 e.